The van der Waals surface area contributed by atoms with Crippen LogP contribution in [0.2, 0.25) is 0 Å². The molecule has 1 atom stereocenters. The average molecular weight is 395 g/mol. The van der Waals surface area contributed by atoms with E-state index in [4.69, 9.17) is 0 Å². The number of amides is 2. The lowest BCUT2D eigenvalue weighted by molar-refractivity contribution is -0.139. The first-order valence-corrected chi connectivity index (χ1v) is 10.3. The van der Waals surface area contributed by atoms with Gasteiger partial charge in [0.05, 0.1) is 6.04 Å². The standard InChI is InChI=1S/C23H30N4O2/c1-19(20-9-4-2-5-10-20)25-23(29)22(28)24-13-8-14-26-15-17-27(18-16-26)21-11-6-3-7-12-21/h2-7,9-12,19H,8,13-18H2,1H3,(H,24,28)(H,25,29)/t19-/m0/s1. The minimum absolute atomic E-state index is 0.199. The average Bonchev–Trinajstić information content (AvgIpc) is 2.78. The number of anilines is 1. The quantitative estimate of drug-likeness (QED) is 0.558. The lowest BCUT2D eigenvalue weighted by atomic mass is 10.1. The predicted octanol–water partition coefficient (Wildman–Crippen LogP) is 2.19. The van der Waals surface area contributed by atoms with E-state index < -0.39 is 11.8 Å². The van der Waals surface area contributed by atoms with Crippen LogP contribution in [-0.4, -0.2) is 56.0 Å². The number of nitrogens with zero attached hydrogens (tertiary/aromatic N) is 2. The predicted molar refractivity (Wildman–Crippen MR) is 116 cm³/mol. The molecule has 0 unspecified atom stereocenters. The first kappa shape index (κ1) is 20.9. The number of piperazine rings is 1. The Labute approximate surface area is 172 Å². The lowest BCUT2D eigenvalue weighted by Gasteiger charge is -2.36. The smallest absolute Gasteiger partial charge is 0.309 e. The van der Waals surface area contributed by atoms with Crippen LogP contribution in [0.4, 0.5) is 5.69 Å². The summed E-state index contributed by atoms with van der Waals surface area (Å²) in [4.78, 5) is 28.9. The Bertz CT molecular complexity index is 774. The molecule has 0 spiro atoms. The number of rotatable bonds is 7. The second-order valence-corrected chi connectivity index (χ2v) is 7.38. The molecule has 2 aromatic rings. The molecule has 0 bridgehead atoms. The molecule has 0 aliphatic carbocycles. The van der Waals surface area contributed by atoms with E-state index in [9.17, 15) is 9.59 Å². The Morgan fingerprint density at radius 1 is 0.897 bits per heavy atom. The Hall–Kier alpha value is -2.86. The van der Waals surface area contributed by atoms with Crippen molar-refractivity contribution in [3.05, 3.63) is 66.2 Å². The van der Waals surface area contributed by atoms with E-state index in [1.807, 2.05) is 43.3 Å². The summed E-state index contributed by atoms with van der Waals surface area (Å²) in [5.41, 5.74) is 2.25. The van der Waals surface area contributed by atoms with E-state index in [1.165, 1.54) is 5.69 Å². The molecule has 1 aliphatic rings. The molecule has 2 N–H and O–H groups in total. The monoisotopic (exact) mass is 394 g/mol. The normalized spacial score (nSPS) is 15.6. The van der Waals surface area contributed by atoms with Crippen molar-refractivity contribution in [2.24, 2.45) is 0 Å². The van der Waals surface area contributed by atoms with Gasteiger partial charge in [-0.05, 0) is 37.6 Å². The topological polar surface area (TPSA) is 64.7 Å². The number of carbonyl (C=O) groups excluding carboxylic acids is 2. The summed E-state index contributed by atoms with van der Waals surface area (Å²) >= 11 is 0. The van der Waals surface area contributed by atoms with Crippen LogP contribution >= 0.6 is 0 Å². The Balaban J connectivity index is 1.30. The van der Waals surface area contributed by atoms with Gasteiger partial charge in [0, 0.05) is 38.4 Å². The highest BCUT2D eigenvalue weighted by Gasteiger charge is 2.18. The molecule has 0 aromatic heterocycles. The zero-order valence-corrected chi connectivity index (χ0v) is 17.0. The second kappa shape index (κ2) is 10.6. The van der Waals surface area contributed by atoms with Crippen molar-refractivity contribution in [3.63, 3.8) is 0 Å². The second-order valence-electron chi connectivity index (χ2n) is 7.38. The van der Waals surface area contributed by atoms with Crippen LogP contribution in [0.1, 0.15) is 24.9 Å². The van der Waals surface area contributed by atoms with Gasteiger partial charge in [-0.25, -0.2) is 0 Å². The minimum atomic E-state index is -0.585. The Morgan fingerprint density at radius 2 is 1.52 bits per heavy atom. The van der Waals surface area contributed by atoms with E-state index >= 15 is 0 Å². The van der Waals surface area contributed by atoms with E-state index in [0.717, 1.165) is 44.7 Å². The molecular formula is C23H30N4O2. The van der Waals surface area contributed by atoms with Gasteiger partial charge in [-0.1, -0.05) is 48.5 Å². The van der Waals surface area contributed by atoms with Gasteiger partial charge in [0.1, 0.15) is 0 Å². The fraction of sp³-hybridized carbons (Fsp3) is 0.391. The van der Waals surface area contributed by atoms with Crippen LogP contribution < -0.4 is 15.5 Å². The fourth-order valence-corrected chi connectivity index (χ4v) is 3.54. The molecule has 2 amide bonds. The van der Waals surface area contributed by atoms with Gasteiger partial charge in [-0.15, -0.1) is 0 Å². The summed E-state index contributed by atoms with van der Waals surface area (Å²) in [7, 11) is 0. The molecule has 1 aliphatic heterocycles. The molecule has 3 rings (SSSR count). The minimum Gasteiger partial charge on any atom is -0.369 e. The van der Waals surface area contributed by atoms with Crippen LogP contribution in [0.5, 0.6) is 0 Å². The molecule has 0 saturated carbocycles. The van der Waals surface area contributed by atoms with Crippen molar-refractivity contribution in [3.8, 4) is 0 Å². The zero-order chi connectivity index (χ0) is 20.5. The third-order valence-corrected chi connectivity index (χ3v) is 5.28. The summed E-state index contributed by atoms with van der Waals surface area (Å²) < 4.78 is 0. The summed E-state index contributed by atoms with van der Waals surface area (Å²) in [5, 5.41) is 5.47. The van der Waals surface area contributed by atoms with Gasteiger partial charge in [0.2, 0.25) is 0 Å². The third-order valence-electron chi connectivity index (χ3n) is 5.28. The van der Waals surface area contributed by atoms with E-state index in [-0.39, 0.29) is 6.04 Å². The molecule has 6 heteroatoms. The van der Waals surface area contributed by atoms with Crippen molar-refractivity contribution in [1.82, 2.24) is 15.5 Å². The van der Waals surface area contributed by atoms with Gasteiger partial charge < -0.3 is 15.5 Å². The van der Waals surface area contributed by atoms with Gasteiger partial charge in [-0.2, -0.15) is 0 Å². The van der Waals surface area contributed by atoms with E-state index in [0.29, 0.717) is 6.54 Å². The highest BCUT2D eigenvalue weighted by molar-refractivity contribution is 6.35. The molecule has 154 valence electrons. The summed E-state index contributed by atoms with van der Waals surface area (Å²) in [5.74, 6) is -1.15. The van der Waals surface area contributed by atoms with Gasteiger partial charge in [-0.3, -0.25) is 14.5 Å². The van der Waals surface area contributed by atoms with Crippen LogP contribution in [0.25, 0.3) is 0 Å². The first-order chi connectivity index (χ1) is 14.1. The lowest BCUT2D eigenvalue weighted by Crippen LogP contribution is -2.47. The number of hydrogen-bond donors (Lipinski definition) is 2. The highest BCUT2D eigenvalue weighted by Crippen LogP contribution is 2.15. The number of para-hydroxylation sites is 1. The summed E-state index contributed by atoms with van der Waals surface area (Å²) in [6.07, 6.45) is 0.832. The van der Waals surface area contributed by atoms with Gasteiger partial charge in [0.25, 0.3) is 0 Å². The Kier molecular flexibility index (Phi) is 7.64. The number of carbonyl (C=O) groups is 2. The first-order valence-electron chi connectivity index (χ1n) is 10.3. The number of nitrogens with one attached hydrogen (secondary N) is 2. The van der Waals surface area contributed by atoms with Crippen molar-refractivity contribution in [1.29, 1.82) is 0 Å². The molecule has 1 heterocycles. The number of hydrogen-bond acceptors (Lipinski definition) is 4. The van der Waals surface area contributed by atoms with Gasteiger partial charge in [0.15, 0.2) is 0 Å². The maximum atomic E-state index is 12.1. The molecule has 0 radical (unpaired) electrons. The van der Waals surface area contributed by atoms with Crippen LogP contribution in [-0.2, 0) is 9.59 Å². The number of benzene rings is 2. The largest absolute Gasteiger partial charge is 0.369 e. The van der Waals surface area contributed by atoms with Crippen LogP contribution in [0, 0.1) is 0 Å². The maximum Gasteiger partial charge on any atom is 0.309 e. The van der Waals surface area contributed by atoms with Crippen LogP contribution in [0.15, 0.2) is 60.7 Å². The molecule has 1 saturated heterocycles. The molecule has 6 nitrogen and oxygen atoms in total. The Morgan fingerprint density at radius 3 is 2.17 bits per heavy atom. The third kappa shape index (κ3) is 6.32. The van der Waals surface area contributed by atoms with E-state index in [2.05, 4.69) is 44.7 Å². The summed E-state index contributed by atoms with van der Waals surface area (Å²) in [6.45, 7) is 7.34. The van der Waals surface area contributed by atoms with Crippen molar-refractivity contribution in [2.45, 2.75) is 19.4 Å². The van der Waals surface area contributed by atoms with Crippen molar-refractivity contribution >= 4 is 17.5 Å². The van der Waals surface area contributed by atoms with Crippen LogP contribution in [0.3, 0.4) is 0 Å². The fourth-order valence-electron chi connectivity index (χ4n) is 3.54. The highest BCUT2D eigenvalue weighted by atomic mass is 16.2. The van der Waals surface area contributed by atoms with Gasteiger partial charge >= 0.3 is 11.8 Å². The van der Waals surface area contributed by atoms with Crippen molar-refractivity contribution in [2.75, 3.05) is 44.2 Å². The van der Waals surface area contributed by atoms with Crippen molar-refractivity contribution < 1.29 is 9.59 Å². The zero-order valence-electron chi connectivity index (χ0n) is 17.0. The summed E-state index contributed by atoms with van der Waals surface area (Å²) in [6, 6.07) is 19.9. The molecular weight excluding hydrogens is 364 g/mol. The molecule has 29 heavy (non-hydrogen) atoms. The molecule has 2 aromatic carbocycles. The SMILES string of the molecule is C[C@H](NC(=O)C(=O)NCCCN1CCN(c2ccccc2)CC1)c1ccccc1. The van der Waals surface area contributed by atoms with E-state index in [1.54, 1.807) is 0 Å². The maximum absolute atomic E-state index is 12.1. The molecule has 1 fully saturated rings.